The van der Waals surface area contributed by atoms with Gasteiger partial charge in [-0.15, -0.1) is 0 Å². The van der Waals surface area contributed by atoms with Crippen molar-refractivity contribution in [2.24, 2.45) is 0 Å². The largest absolute Gasteiger partial charge is 0.491 e. The van der Waals surface area contributed by atoms with E-state index >= 15 is 0 Å². The summed E-state index contributed by atoms with van der Waals surface area (Å²) < 4.78 is 23.7. The second-order valence-electron chi connectivity index (χ2n) is 4.38. The van der Waals surface area contributed by atoms with Crippen molar-refractivity contribution in [2.45, 2.75) is 12.8 Å². The lowest BCUT2D eigenvalue weighted by Crippen LogP contribution is -2.40. The first-order valence-corrected chi connectivity index (χ1v) is 6.50. The number of morpholine rings is 1. The third kappa shape index (κ3) is 4.21. The van der Waals surface area contributed by atoms with E-state index < -0.39 is 0 Å². The minimum atomic E-state index is -0.373. The van der Waals surface area contributed by atoms with E-state index in [0.717, 1.165) is 0 Å². The number of amides is 1. The van der Waals surface area contributed by atoms with E-state index in [9.17, 15) is 9.18 Å². The number of carbonyl (C=O) groups is 1. The standard InChI is InChI=1S/C14H18FNO3/c15-12-4-1-2-5-13(12)19-9-3-6-14(17)16-7-10-18-11-8-16/h1-2,4-5H,3,6-11H2. The molecule has 104 valence electrons. The van der Waals surface area contributed by atoms with Gasteiger partial charge >= 0.3 is 0 Å². The van der Waals surface area contributed by atoms with E-state index in [1.54, 1.807) is 23.1 Å². The highest BCUT2D eigenvalue weighted by Crippen LogP contribution is 2.15. The van der Waals surface area contributed by atoms with Crippen molar-refractivity contribution in [1.29, 1.82) is 0 Å². The maximum atomic E-state index is 13.3. The number of hydrogen-bond donors (Lipinski definition) is 0. The van der Waals surface area contributed by atoms with Crippen LogP contribution < -0.4 is 4.74 Å². The Balaban J connectivity index is 1.66. The Kier molecular flexibility index (Phi) is 5.15. The van der Waals surface area contributed by atoms with Crippen LogP contribution in [-0.2, 0) is 9.53 Å². The summed E-state index contributed by atoms with van der Waals surface area (Å²) in [4.78, 5) is 13.6. The molecule has 0 aromatic heterocycles. The van der Waals surface area contributed by atoms with Gasteiger partial charge in [0, 0.05) is 19.5 Å². The highest BCUT2D eigenvalue weighted by Gasteiger charge is 2.16. The molecule has 0 saturated carbocycles. The van der Waals surface area contributed by atoms with Gasteiger partial charge in [-0.1, -0.05) is 12.1 Å². The van der Waals surface area contributed by atoms with Crippen LogP contribution in [0.4, 0.5) is 4.39 Å². The number of halogens is 1. The number of hydrogen-bond acceptors (Lipinski definition) is 3. The van der Waals surface area contributed by atoms with Gasteiger partial charge in [0.2, 0.25) is 5.91 Å². The number of rotatable bonds is 5. The summed E-state index contributed by atoms with van der Waals surface area (Å²) in [6.07, 6.45) is 1.01. The van der Waals surface area contributed by atoms with Gasteiger partial charge in [0.15, 0.2) is 11.6 Å². The molecular weight excluding hydrogens is 249 g/mol. The fraction of sp³-hybridized carbons (Fsp3) is 0.500. The zero-order chi connectivity index (χ0) is 13.5. The van der Waals surface area contributed by atoms with Crippen LogP contribution in [0.5, 0.6) is 5.75 Å². The molecule has 2 rings (SSSR count). The molecule has 0 spiro atoms. The first kappa shape index (κ1) is 13.8. The molecule has 4 nitrogen and oxygen atoms in total. The van der Waals surface area contributed by atoms with Crippen molar-refractivity contribution in [1.82, 2.24) is 4.90 Å². The summed E-state index contributed by atoms with van der Waals surface area (Å²) in [5.74, 6) is -0.0243. The Morgan fingerprint density at radius 1 is 1.32 bits per heavy atom. The Bertz CT molecular complexity index is 419. The van der Waals surface area contributed by atoms with Crippen LogP contribution in [-0.4, -0.2) is 43.7 Å². The quantitative estimate of drug-likeness (QED) is 0.764. The van der Waals surface area contributed by atoms with Crippen molar-refractivity contribution in [3.05, 3.63) is 30.1 Å². The van der Waals surface area contributed by atoms with Gasteiger partial charge < -0.3 is 14.4 Å². The summed E-state index contributed by atoms with van der Waals surface area (Å²) in [5, 5.41) is 0. The lowest BCUT2D eigenvalue weighted by molar-refractivity contribution is -0.135. The van der Waals surface area contributed by atoms with Gasteiger partial charge in [-0.3, -0.25) is 4.79 Å². The van der Waals surface area contributed by atoms with Gasteiger partial charge in [0.25, 0.3) is 0 Å². The van der Waals surface area contributed by atoms with E-state index in [2.05, 4.69) is 0 Å². The first-order valence-electron chi connectivity index (χ1n) is 6.50. The van der Waals surface area contributed by atoms with E-state index in [4.69, 9.17) is 9.47 Å². The minimum Gasteiger partial charge on any atom is -0.491 e. The normalized spacial score (nSPS) is 15.3. The van der Waals surface area contributed by atoms with Gasteiger partial charge in [-0.05, 0) is 18.6 Å². The minimum absolute atomic E-state index is 0.112. The summed E-state index contributed by atoms with van der Waals surface area (Å²) in [7, 11) is 0. The Hall–Kier alpha value is -1.62. The van der Waals surface area contributed by atoms with Crippen LogP contribution in [0.15, 0.2) is 24.3 Å². The lowest BCUT2D eigenvalue weighted by Gasteiger charge is -2.26. The van der Waals surface area contributed by atoms with Gasteiger partial charge in [-0.2, -0.15) is 0 Å². The molecule has 0 unspecified atom stereocenters. The molecule has 1 aromatic carbocycles. The molecule has 1 aromatic rings. The van der Waals surface area contributed by atoms with Crippen LogP contribution in [0.3, 0.4) is 0 Å². The molecule has 0 N–H and O–H groups in total. The zero-order valence-electron chi connectivity index (χ0n) is 10.8. The predicted octanol–water partition coefficient (Wildman–Crippen LogP) is 1.84. The van der Waals surface area contributed by atoms with Crippen molar-refractivity contribution in [2.75, 3.05) is 32.9 Å². The molecule has 1 amide bonds. The van der Waals surface area contributed by atoms with E-state index in [-0.39, 0.29) is 17.5 Å². The number of ether oxygens (including phenoxy) is 2. The summed E-state index contributed by atoms with van der Waals surface area (Å²) in [6.45, 7) is 2.88. The highest BCUT2D eigenvalue weighted by atomic mass is 19.1. The monoisotopic (exact) mass is 267 g/mol. The van der Waals surface area contributed by atoms with Crippen molar-refractivity contribution in [3.8, 4) is 5.75 Å². The molecule has 1 heterocycles. The Morgan fingerprint density at radius 3 is 2.79 bits per heavy atom. The van der Waals surface area contributed by atoms with Gasteiger partial charge in [-0.25, -0.2) is 4.39 Å². The summed E-state index contributed by atoms with van der Waals surface area (Å²) >= 11 is 0. The number of para-hydroxylation sites is 1. The Morgan fingerprint density at radius 2 is 2.05 bits per heavy atom. The summed E-state index contributed by atoms with van der Waals surface area (Å²) in [5.41, 5.74) is 0. The maximum Gasteiger partial charge on any atom is 0.222 e. The van der Waals surface area contributed by atoms with Crippen molar-refractivity contribution >= 4 is 5.91 Å². The molecule has 0 aliphatic carbocycles. The number of benzene rings is 1. The van der Waals surface area contributed by atoms with Gasteiger partial charge in [0.1, 0.15) is 0 Å². The first-order chi connectivity index (χ1) is 9.27. The second kappa shape index (κ2) is 7.09. The molecule has 5 heteroatoms. The maximum absolute atomic E-state index is 13.3. The molecular formula is C14H18FNO3. The average molecular weight is 267 g/mol. The van der Waals surface area contributed by atoms with E-state index in [1.807, 2.05) is 0 Å². The van der Waals surface area contributed by atoms with Gasteiger partial charge in [0.05, 0.1) is 19.8 Å². The SMILES string of the molecule is O=C(CCCOc1ccccc1F)N1CCOCC1. The molecule has 19 heavy (non-hydrogen) atoms. The molecule has 1 aliphatic heterocycles. The zero-order valence-corrected chi connectivity index (χ0v) is 10.8. The van der Waals surface area contributed by atoms with E-state index in [1.165, 1.54) is 6.07 Å². The molecule has 0 atom stereocenters. The van der Waals surface area contributed by atoms with Crippen molar-refractivity contribution < 1.29 is 18.7 Å². The van der Waals surface area contributed by atoms with Crippen LogP contribution in [0.2, 0.25) is 0 Å². The van der Waals surface area contributed by atoms with Crippen LogP contribution in [0.25, 0.3) is 0 Å². The molecule has 0 bridgehead atoms. The molecule has 1 aliphatic rings. The van der Waals surface area contributed by atoms with Crippen LogP contribution in [0.1, 0.15) is 12.8 Å². The highest BCUT2D eigenvalue weighted by molar-refractivity contribution is 5.76. The fourth-order valence-electron chi connectivity index (χ4n) is 1.94. The van der Waals surface area contributed by atoms with Crippen LogP contribution in [0, 0.1) is 5.82 Å². The van der Waals surface area contributed by atoms with E-state index in [0.29, 0.717) is 45.8 Å². The molecule has 1 saturated heterocycles. The average Bonchev–Trinajstić information content (AvgIpc) is 2.46. The third-order valence-electron chi connectivity index (χ3n) is 2.99. The molecule has 0 radical (unpaired) electrons. The molecule has 1 fully saturated rings. The van der Waals surface area contributed by atoms with Crippen molar-refractivity contribution in [3.63, 3.8) is 0 Å². The Labute approximate surface area is 112 Å². The van der Waals surface area contributed by atoms with Crippen LogP contribution >= 0.6 is 0 Å². The smallest absolute Gasteiger partial charge is 0.222 e. The lowest BCUT2D eigenvalue weighted by atomic mass is 10.2. The second-order valence-corrected chi connectivity index (χ2v) is 4.38. The topological polar surface area (TPSA) is 38.8 Å². The number of carbonyl (C=O) groups excluding carboxylic acids is 1. The fourth-order valence-corrected chi connectivity index (χ4v) is 1.94. The summed E-state index contributed by atoms with van der Waals surface area (Å²) in [6, 6.07) is 6.27. The number of nitrogens with zero attached hydrogens (tertiary/aromatic N) is 1. The predicted molar refractivity (Wildman–Crippen MR) is 68.5 cm³/mol. The third-order valence-corrected chi connectivity index (χ3v) is 2.99.